The van der Waals surface area contributed by atoms with Crippen LogP contribution in [0.4, 0.5) is 0 Å². The number of ether oxygens (including phenoxy) is 3. The quantitative estimate of drug-likeness (QED) is 0.592. The van der Waals surface area contributed by atoms with Crippen LogP contribution in [-0.4, -0.2) is 49.6 Å². The molecule has 0 amide bonds. The van der Waals surface area contributed by atoms with Gasteiger partial charge in [-0.1, -0.05) is 0 Å². The Morgan fingerprint density at radius 2 is 1.78 bits per heavy atom. The van der Waals surface area contributed by atoms with E-state index in [1.807, 2.05) is 27.7 Å². The maximum absolute atomic E-state index is 11.9. The highest BCUT2D eigenvalue weighted by Gasteiger charge is 2.53. The van der Waals surface area contributed by atoms with Gasteiger partial charge in [-0.05, 0) is 33.8 Å². The van der Waals surface area contributed by atoms with E-state index in [1.54, 1.807) is 6.07 Å². The zero-order valence-corrected chi connectivity index (χ0v) is 14.0. The van der Waals surface area contributed by atoms with Crippen molar-refractivity contribution in [1.82, 2.24) is 4.98 Å². The SMILES string of the molecule is COC(=O)c1cc(B2OC(C)(C)C(C)(C)O2)c2c(n1)OCCO2. The molecule has 0 aliphatic carbocycles. The van der Waals surface area contributed by atoms with Crippen LogP contribution >= 0.6 is 0 Å². The van der Waals surface area contributed by atoms with E-state index in [0.29, 0.717) is 24.4 Å². The number of hydrogen-bond acceptors (Lipinski definition) is 7. The molecule has 0 N–H and O–H groups in total. The minimum absolute atomic E-state index is 0.126. The van der Waals surface area contributed by atoms with Crippen LogP contribution in [0.15, 0.2) is 6.07 Å². The van der Waals surface area contributed by atoms with E-state index in [0.717, 1.165) is 0 Å². The Bertz CT molecular complexity index is 629. The maximum atomic E-state index is 11.9. The lowest BCUT2D eigenvalue weighted by Crippen LogP contribution is -2.41. The highest BCUT2D eigenvalue weighted by atomic mass is 16.7. The summed E-state index contributed by atoms with van der Waals surface area (Å²) in [6.07, 6.45) is 0. The monoisotopic (exact) mass is 321 g/mol. The first-order valence-corrected chi connectivity index (χ1v) is 7.49. The molecule has 23 heavy (non-hydrogen) atoms. The molecule has 2 aliphatic rings. The summed E-state index contributed by atoms with van der Waals surface area (Å²) in [7, 11) is 0.622. The van der Waals surface area contributed by atoms with Crippen molar-refractivity contribution >= 4 is 18.6 Å². The number of methoxy groups -OCH3 is 1. The highest BCUT2D eigenvalue weighted by Crippen LogP contribution is 2.38. The third kappa shape index (κ3) is 2.66. The Hall–Kier alpha value is -1.80. The molecule has 3 rings (SSSR count). The van der Waals surface area contributed by atoms with E-state index in [9.17, 15) is 4.79 Å². The van der Waals surface area contributed by atoms with Crippen LogP contribution in [0.5, 0.6) is 11.6 Å². The Morgan fingerprint density at radius 3 is 2.39 bits per heavy atom. The van der Waals surface area contributed by atoms with Crippen molar-refractivity contribution < 1.29 is 28.3 Å². The summed E-state index contributed by atoms with van der Waals surface area (Å²) in [4.78, 5) is 16.0. The van der Waals surface area contributed by atoms with Gasteiger partial charge in [0.05, 0.1) is 18.3 Å². The predicted octanol–water partition coefficient (Wildman–Crippen LogP) is 0.939. The summed E-state index contributed by atoms with van der Waals surface area (Å²) in [5, 5.41) is 0. The Balaban J connectivity index is 2.06. The number of pyridine rings is 1. The zero-order valence-electron chi connectivity index (χ0n) is 14.0. The smallest absolute Gasteiger partial charge is 0.485 e. The Kier molecular flexibility index (Phi) is 3.76. The van der Waals surface area contributed by atoms with E-state index >= 15 is 0 Å². The summed E-state index contributed by atoms with van der Waals surface area (Å²) in [5.74, 6) is 0.144. The highest BCUT2D eigenvalue weighted by molar-refractivity contribution is 6.63. The van der Waals surface area contributed by atoms with Gasteiger partial charge >= 0.3 is 13.1 Å². The number of esters is 1. The molecule has 0 bridgehead atoms. The number of carbonyl (C=O) groups excluding carboxylic acids is 1. The van der Waals surface area contributed by atoms with Gasteiger partial charge in [0.1, 0.15) is 13.2 Å². The number of rotatable bonds is 2. The largest absolute Gasteiger partial charge is 0.498 e. The van der Waals surface area contributed by atoms with Gasteiger partial charge in [-0.15, -0.1) is 0 Å². The molecule has 124 valence electrons. The standard InChI is InChI=1S/C15H20BNO6/c1-14(2)15(3,4)23-16(22-14)9-8-10(13(18)19-5)17-12-11(9)20-6-7-21-12/h8H,6-7H2,1-5H3. The van der Waals surface area contributed by atoms with Gasteiger partial charge < -0.3 is 23.5 Å². The first kappa shape index (κ1) is 16.1. The van der Waals surface area contributed by atoms with Gasteiger partial charge in [0, 0.05) is 5.46 Å². The van der Waals surface area contributed by atoms with Crippen LogP contribution in [0, 0.1) is 0 Å². The number of carbonyl (C=O) groups is 1. The van der Waals surface area contributed by atoms with Gasteiger partial charge in [0.2, 0.25) is 0 Å². The summed E-state index contributed by atoms with van der Waals surface area (Å²) >= 11 is 0. The molecule has 2 aliphatic heterocycles. The van der Waals surface area contributed by atoms with Crippen LogP contribution in [-0.2, 0) is 14.0 Å². The second-order valence-electron chi connectivity index (χ2n) is 6.51. The van der Waals surface area contributed by atoms with Gasteiger partial charge in [0.25, 0.3) is 5.88 Å². The number of fused-ring (bicyclic) bond motifs is 1. The van der Waals surface area contributed by atoms with Crippen LogP contribution < -0.4 is 14.9 Å². The molecule has 0 saturated carbocycles. The van der Waals surface area contributed by atoms with Crippen molar-refractivity contribution in [2.24, 2.45) is 0 Å². The van der Waals surface area contributed by atoms with Gasteiger partial charge in [-0.3, -0.25) is 0 Å². The minimum Gasteiger partial charge on any atom is -0.485 e. The lowest BCUT2D eigenvalue weighted by atomic mass is 9.78. The zero-order chi connectivity index (χ0) is 16.8. The van der Waals surface area contributed by atoms with E-state index in [2.05, 4.69) is 4.98 Å². The fourth-order valence-corrected chi connectivity index (χ4v) is 2.41. The summed E-state index contributed by atoms with van der Waals surface area (Å²) in [6, 6.07) is 1.57. The van der Waals surface area contributed by atoms with Crippen molar-refractivity contribution in [3.8, 4) is 11.6 Å². The molecule has 0 spiro atoms. The molecule has 0 unspecified atom stereocenters. The van der Waals surface area contributed by atoms with Crippen LogP contribution in [0.3, 0.4) is 0 Å². The Morgan fingerprint density at radius 1 is 1.17 bits per heavy atom. The maximum Gasteiger partial charge on any atom is 0.498 e. The van der Waals surface area contributed by atoms with Crippen molar-refractivity contribution in [2.75, 3.05) is 20.3 Å². The van der Waals surface area contributed by atoms with E-state index in [4.69, 9.17) is 23.5 Å². The fourth-order valence-electron chi connectivity index (χ4n) is 2.41. The molecule has 3 heterocycles. The first-order valence-electron chi connectivity index (χ1n) is 7.49. The molecule has 1 fully saturated rings. The molecule has 0 aromatic carbocycles. The van der Waals surface area contributed by atoms with Crippen LogP contribution in [0.25, 0.3) is 0 Å². The molecule has 0 atom stereocenters. The average molecular weight is 321 g/mol. The molecular formula is C15H20BNO6. The molecule has 1 aromatic rings. The molecular weight excluding hydrogens is 301 g/mol. The van der Waals surface area contributed by atoms with Crippen molar-refractivity contribution in [3.05, 3.63) is 11.8 Å². The van der Waals surface area contributed by atoms with E-state index in [-0.39, 0.29) is 11.6 Å². The van der Waals surface area contributed by atoms with Crippen LogP contribution in [0.2, 0.25) is 0 Å². The van der Waals surface area contributed by atoms with Gasteiger partial charge in [0.15, 0.2) is 11.4 Å². The van der Waals surface area contributed by atoms with Gasteiger partial charge in [-0.25, -0.2) is 9.78 Å². The van der Waals surface area contributed by atoms with E-state index in [1.165, 1.54) is 7.11 Å². The summed E-state index contributed by atoms with van der Waals surface area (Å²) < 4.78 is 28.0. The lowest BCUT2D eigenvalue weighted by Gasteiger charge is -2.32. The summed E-state index contributed by atoms with van der Waals surface area (Å²) in [6.45, 7) is 8.60. The minimum atomic E-state index is -0.679. The first-order chi connectivity index (χ1) is 10.7. The molecule has 7 nitrogen and oxygen atoms in total. The summed E-state index contributed by atoms with van der Waals surface area (Å²) in [5.41, 5.74) is -0.306. The number of nitrogens with zero attached hydrogens (tertiary/aromatic N) is 1. The molecule has 1 saturated heterocycles. The number of hydrogen-bond donors (Lipinski definition) is 0. The second kappa shape index (κ2) is 5.38. The van der Waals surface area contributed by atoms with Crippen LogP contribution in [0.1, 0.15) is 38.2 Å². The topological polar surface area (TPSA) is 76.1 Å². The lowest BCUT2D eigenvalue weighted by molar-refractivity contribution is 0.00578. The molecule has 0 radical (unpaired) electrons. The van der Waals surface area contributed by atoms with E-state index < -0.39 is 24.3 Å². The predicted molar refractivity (Wildman–Crippen MR) is 82.3 cm³/mol. The van der Waals surface area contributed by atoms with Crippen molar-refractivity contribution in [2.45, 2.75) is 38.9 Å². The molecule has 1 aromatic heterocycles. The van der Waals surface area contributed by atoms with Gasteiger partial charge in [-0.2, -0.15) is 0 Å². The average Bonchev–Trinajstić information content (AvgIpc) is 2.73. The molecule has 8 heteroatoms. The normalized spacial score (nSPS) is 21.2. The second-order valence-corrected chi connectivity index (χ2v) is 6.51. The number of aromatic nitrogens is 1. The Labute approximate surface area is 135 Å². The third-order valence-electron chi connectivity index (χ3n) is 4.44. The fraction of sp³-hybridized carbons (Fsp3) is 0.600. The van der Waals surface area contributed by atoms with Crippen molar-refractivity contribution in [3.63, 3.8) is 0 Å². The van der Waals surface area contributed by atoms with Crippen molar-refractivity contribution in [1.29, 1.82) is 0 Å². The third-order valence-corrected chi connectivity index (χ3v) is 4.44.